The number of hydrogen-bond donors (Lipinski definition) is 2. The zero-order valence-electron chi connectivity index (χ0n) is 25.0. The molecule has 15 nitrogen and oxygen atoms in total. The normalized spacial score (nSPS) is 18.7. The van der Waals surface area contributed by atoms with Crippen LogP contribution in [-0.2, 0) is 49.6 Å². The Kier molecular flexibility index (Phi) is 10.5. The minimum Gasteiger partial charge on any atom is -0.460 e. The molecule has 0 radical (unpaired) electrons. The van der Waals surface area contributed by atoms with Gasteiger partial charge in [0.25, 0.3) is 11.6 Å². The summed E-state index contributed by atoms with van der Waals surface area (Å²) in [5, 5.41) is 18.3. The Morgan fingerprint density at radius 3 is 2.43 bits per heavy atom. The first kappa shape index (κ1) is 34.1. The van der Waals surface area contributed by atoms with E-state index in [1.165, 1.54) is 35.6 Å². The van der Waals surface area contributed by atoms with Crippen LogP contribution in [0.2, 0.25) is 0 Å². The summed E-state index contributed by atoms with van der Waals surface area (Å²) in [4.78, 5) is 88.1. The Morgan fingerprint density at radius 1 is 1.17 bits per heavy atom. The topological polar surface area (TPSA) is 201 Å². The van der Waals surface area contributed by atoms with E-state index in [1.807, 2.05) is 0 Å². The Labute approximate surface area is 270 Å². The number of nitrogens with zero attached hydrogens (tertiary/aromatic N) is 2. The zero-order chi connectivity index (χ0) is 33.8. The summed E-state index contributed by atoms with van der Waals surface area (Å²) >= 11 is 2.38. The number of carbonyl (C=O) groups is 6. The molecular formula is C29H30N4O11S2. The first-order valence-electron chi connectivity index (χ1n) is 13.7. The summed E-state index contributed by atoms with van der Waals surface area (Å²) in [6, 6.07) is 5.79. The molecule has 1 saturated heterocycles. The van der Waals surface area contributed by atoms with Crippen molar-refractivity contribution in [3.63, 3.8) is 0 Å². The third kappa shape index (κ3) is 7.71. The summed E-state index contributed by atoms with van der Waals surface area (Å²) in [6.07, 6.45) is -1.07. The molecule has 3 heterocycles. The number of amides is 3. The number of nitro benzene ring substituents is 1. The Morgan fingerprint density at radius 2 is 1.87 bits per heavy atom. The first-order chi connectivity index (χ1) is 21.7. The Balaban J connectivity index is 1.55. The number of non-ortho nitro benzene ring substituents is 1. The van der Waals surface area contributed by atoms with E-state index in [2.05, 4.69) is 10.6 Å². The molecule has 244 valence electrons. The van der Waals surface area contributed by atoms with Gasteiger partial charge in [-0.3, -0.25) is 39.0 Å². The Hall–Kier alpha value is -4.77. The van der Waals surface area contributed by atoms with E-state index in [0.29, 0.717) is 11.1 Å². The van der Waals surface area contributed by atoms with E-state index < -0.39 is 63.8 Å². The van der Waals surface area contributed by atoms with Gasteiger partial charge in [-0.15, -0.1) is 11.8 Å². The third-order valence-corrected chi connectivity index (χ3v) is 8.61. The summed E-state index contributed by atoms with van der Waals surface area (Å²) in [5.41, 5.74) is -0.427. The second kappa shape index (κ2) is 14.1. The van der Waals surface area contributed by atoms with E-state index >= 15 is 0 Å². The lowest BCUT2D eigenvalue weighted by molar-refractivity contribution is -0.384. The summed E-state index contributed by atoms with van der Waals surface area (Å²) in [7, 11) is 0. The van der Waals surface area contributed by atoms with Crippen LogP contribution >= 0.6 is 23.1 Å². The van der Waals surface area contributed by atoms with Crippen molar-refractivity contribution in [3.8, 4) is 0 Å². The van der Waals surface area contributed by atoms with Crippen molar-refractivity contribution in [2.75, 3.05) is 5.75 Å². The highest BCUT2D eigenvalue weighted by atomic mass is 32.2. The molecular weight excluding hydrogens is 644 g/mol. The van der Waals surface area contributed by atoms with E-state index in [0.717, 1.165) is 23.6 Å². The van der Waals surface area contributed by atoms with Gasteiger partial charge in [-0.25, -0.2) is 4.79 Å². The van der Waals surface area contributed by atoms with E-state index in [4.69, 9.17) is 14.2 Å². The summed E-state index contributed by atoms with van der Waals surface area (Å²) in [6.45, 7) is 5.73. The van der Waals surface area contributed by atoms with E-state index in [9.17, 15) is 38.9 Å². The quantitative estimate of drug-likeness (QED) is 0.0486. The second-order valence-electron chi connectivity index (χ2n) is 11.1. The molecule has 0 spiro atoms. The number of rotatable bonds is 12. The molecule has 3 amide bonds. The number of nitrogens with one attached hydrogen (secondary N) is 2. The highest BCUT2D eigenvalue weighted by Gasteiger charge is 2.56. The molecule has 1 aromatic carbocycles. The van der Waals surface area contributed by atoms with Gasteiger partial charge in [0, 0.05) is 30.4 Å². The number of nitro groups is 1. The number of thiophene rings is 1. The van der Waals surface area contributed by atoms with Crippen molar-refractivity contribution in [1.29, 1.82) is 0 Å². The molecule has 0 bridgehead atoms. The van der Waals surface area contributed by atoms with Gasteiger partial charge < -0.3 is 24.8 Å². The second-order valence-corrected chi connectivity index (χ2v) is 13.0. The summed E-state index contributed by atoms with van der Waals surface area (Å²) in [5.74, 6) is -5.50. The average molecular weight is 675 g/mol. The van der Waals surface area contributed by atoms with Crippen LogP contribution in [0, 0.1) is 10.1 Å². The van der Waals surface area contributed by atoms with Crippen LogP contribution in [0.25, 0.3) is 0 Å². The smallest absolute Gasteiger partial charge is 0.355 e. The molecule has 0 aliphatic carbocycles. The maximum Gasteiger partial charge on any atom is 0.355 e. The van der Waals surface area contributed by atoms with Crippen molar-refractivity contribution >= 4 is 64.9 Å². The number of carbonyl (C=O) groups excluding carboxylic acids is 6. The molecule has 2 unspecified atom stereocenters. The van der Waals surface area contributed by atoms with Gasteiger partial charge in [-0.1, -0.05) is 0 Å². The molecule has 2 aromatic rings. The van der Waals surface area contributed by atoms with Crippen molar-refractivity contribution in [2.45, 2.75) is 63.5 Å². The molecule has 0 saturated carbocycles. The maximum atomic E-state index is 13.5. The highest BCUT2D eigenvalue weighted by Crippen LogP contribution is 2.42. The lowest BCUT2D eigenvalue weighted by atomic mass is 9.98. The summed E-state index contributed by atoms with van der Waals surface area (Å²) < 4.78 is 16.1. The molecule has 4 atom stereocenters. The fourth-order valence-corrected chi connectivity index (χ4v) is 6.67. The Bertz CT molecular complexity index is 1570. The average Bonchev–Trinajstić information content (AvgIpc) is 3.51. The van der Waals surface area contributed by atoms with Gasteiger partial charge in [-0.05, 0) is 60.9 Å². The minimum atomic E-state index is -1.44. The SMILES string of the molecule is CC(=O)OC(NC=O)C1=C(C(=O)OC(C)(C)C)N2C(=O)[C@@H](NC(=O)C(C(=O)OCc3ccc([N+](=O)[O-])cc3)c3ccsc3)[C@H]2SC1. The largest absolute Gasteiger partial charge is 0.460 e. The van der Waals surface area contributed by atoms with Gasteiger partial charge in [-0.2, -0.15) is 11.3 Å². The molecule has 1 fully saturated rings. The predicted octanol–water partition coefficient (Wildman–Crippen LogP) is 2.11. The van der Waals surface area contributed by atoms with Gasteiger partial charge in [0.2, 0.25) is 18.5 Å². The van der Waals surface area contributed by atoms with Crippen molar-refractivity contribution < 1.29 is 47.9 Å². The third-order valence-electron chi connectivity index (χ3n) is 6.61. The number of ether oxygens (including phenoxy) is 3. The monoisotopic (exact) mass is 674 g/mol. The van der Waals surface area contributed by atoms with Crippen molar-refractivity contribution in [3.05, 3.63) is 73.6 Å². The molecule has 2 aliphatic rings. The van der Waals surface area contributed by atoms with Crippen molar-refractivity contribution in [2.24, 2.45) is 0 Å². The van der Waals surface area contributed by atoms with Gasteiger partial charge in [0.05, 0.1) is 4.92 Å². The van der Waals surface area contributed by atoms with Crippen LogP contribution < -0.4 is 10.6 Å². The molecule has 2 aliphatic heterocycles. The first-order valence-corrected chi connectivity index (χ1v) is 15.7. The van der Waals surface area contributed by atoms with Crippen LogP contribution in [0.3, 0.4) is 0 Å². The van der Waals surface area contributed by atoms with Crippen LogP contribution in [0.1, 0.15) is 44.7 Å². The van der Waals surface area contributed by atoms with Gasteiger partial charge in [0.15, 0.2) is 5.92 Å². The molecule has 46 heavy (non-hydrogen) atoms. The minimum absolute atomic E-state index is 0.0133. The molecule has 1 aromatic heterocycles. The number of thioether (sulfide) groups is 1. The predicted molar refractivity (Wildman–Crippen MR) is 163 cm³/mol. The molecule has 4 rings (SSSR count). The van der Waals surface area contributed by atoms with Gasteiger partial charge >= 0.3 is 17.9 Å². The highest BCUT2D eigenvalue weighted by molar-refractivity contribution is 8.00. The molecule has 2 N–H and O–H groups in total. The van der Waals surface area contributed by atoms with Crippen molar-refractivity contribution in [1.82, 2.24) is 15.5 Å². The zero-order valence-corrected chi connectivity index (χ0v) is 26.7. The number of hydrogen-bond acceptors (Lipinski definition) is 13. The van der Waals surface area contributed by atoms with Crippen LogP contribution in [0.5, 0.6) is 0 Å². The maximum absolute atomic E-state index is 13.5. The molecule has 17 heteroatoms. The standard InChI is InChI=1S/C29H30N4O11S2/c1-15(35)43-24(30-14-34)19-13-46-26-21(25(37)32(26)22(19)28(39)44-29(2,3)4)31-23(36)20(17-9-10-45-12-17)27(38)42-11-16-5-7-18(8-6-16)33(40)41/h5-10,12,14,20-21,24,26H,11,13H2,1-4H3,(H,30,34)(H,31,36)/t20?,21-,24?,26-/m1/s1. The number of fused-ring (bicyclic) bond motifs is 1. The fraction of sp³-hybridized carbons (Fsp3) is 0.379. The van der Waals surface area contributed by atoms with Crippen LogP contribution in [-0.4, -0.2) is 75.0 Å². The lowest BCUT2D eigenvalue weighted by Crippen LogP contribution is -2.71. The van der Waals surface area contributed by atoms with E-state index in [-0.39, 0.29) is 35.7 Å². The van der Waals surface area contributed by atoms with Gasteiger partial charge in [0.1, 0.15) is 29.3 Å². The number of benzene rings is 1. The van der Waals surface area contributed by atoms with E-state index in [1.54, 1.807) is 37.6 Å². The number of β-lactam (4-membered cyclic amide) rings is 1. The van der Waals surface area contributed by atoms with Crippen LogP contribution in [0.4, 0.5) is 5.69 Å². The fourth-order valence-electron chi connectivity index (χ4n) is 4.61. The van der Waals surface area contributed by atoms with Crippen LogP contribution in [0.15, 0.2) is 52.4 Å². The lowest BCUT2D eigenvalue weighted by Gasteiger charge is -2.50. The number of esters is 3.